The smallest absolute Gasteiger partial charge is 0.303 e. The second-order valence-corrected chi connectivity index (χ2v) is 5.79. The van der Waals surface area contributed by atoms with Gasteiger partial charge in [-0.3, -0.25) is 4.79 Å². The molecule has 3 N–H and O–H groups in total. The van der Waals surface area contributed by atoms with E-state index in [1.165, 1.54) is 0 Å². The van der Waals surface area contributed by atoms with Crippen molar-refractivity contribution in [3.05, 3.63) is 0 Å². The van der Waals surface area contributed by atoms with E-state index in [0.717, 1.165) is 12.8 Å². The van der Waals surface area contributed by atoms with Crippen molar-refractivity contribution in [1.82, 2.24) is 0 Å². The minimum atomic E-state index is -0.783. The van der Waals surface area contributed by atoms with Gasteiger partial charge in [-0.15, -0.1) is 0 Å². The van der Waals surface area contributed by atoms with Crippen LogP contribution in [0.4, 0.5) is 4.39 Å². The van der Waals surface area contributed by atoms with Gasteiger partial charge in [0.15, 0.2) is 0 Å². The van der Waals surface area contributed by atoms with Gasteiger partial charge in [-0.1, -0.05) is 0 Å². The lowest BCUT2D eigenvalue weighted by Gasteiger charge is -2.57. The second kappa shape index (κ2) is 3.19. The molecule has 0 heterocycles. The summed E-state index contributed by atoms with van der Waals surface area (Å²) in [7, 11) is 0. The lowest BCUT2D eigenvalue weighted by Crippen LogP contribution is -2.58. The topological polar surface area (TPSA) is 63.3 Å². The van der Waals surface area contributed by atoms with Gasteiger partial charge in [-0.25, -0.2) is 4.39 Å². The number of alkyl halides is 1. The first-order chi connectivity index (χ1) is 7.60. The van der Waals surface area contributed by atoms with Crippen LogP contribution in [0.3, 0.4) is 0 Å². The van der Waals surface area contributed by atoms with E-state index in [1.54, 1.807) is 0 Å². The number of hydrogen-bond acceptors (Lipinski definition) is 2. The first-order valence-corrected chi connectivity index (χ1v) is 6.16. The third kappa shape index (κ3) is 1.04. The number of carboxylic acids is 1. The Morgan fingerprint density at radius 2 is 2.19 bits per heavy atom. The second-order valence-electron chi connectivity index (χ2n) is 5.79. The van der Waals surface area contributed by atoms with Crippen molar-refractivity contribution in [2.45, 2.75) is 31.9 Å². The minimum absolute atomic E-state index is 0.134. The summed E-state index contributed by atoms with van der Waals surface area (Å²) in [4.78, 5) is 11.0. The molecular formula is C12H18FNO2. The summed E-state index contributed by atoms with van der Waals surface area (Å²) in [6.07, 6.45) is 1.90. The van der Waals surface area contributed by atoms with Gasteiger partial charge < -0.3 is 10.8 Å². The average Bonchev–Trinajstić information content (AvgIpc) is 2.73. The molecule has 3 nitrogen and oxygen atoms in total. The maximum Gasteiger partial charge on any atom is 0.303 e. The molecule has 0 radical (unpaired) electrons. The highest BCUT2D eigenvalue weighted by Gasteiger charge is 2.70. The molecule has 3 saturated carbocycles. The predicted octanol–water partition coefficient (Wildman–Crippen LogP) is 1.42. The molecule has 4 heteroatoms. The lowest BCUT2D eigenvalue weighted by molar-refractivity contribution is -0.153. The first kappa shape index (κ1) is 10.5. The van der Waals surface area contributed by atoms with Gasteiger partial charge in [0.2, 0.25) is 0 Å². The molecule has 16 heavy (non-hydrogen) atoms. The van der Waals surface area contributed by atoms with Crippen molar-refractivity contribution in [3.8, 4) is 0 Å². The van der Waals surface area contributed by atoms with E-state index < -0.39 is 12.1 Å². The fourth-order valence-electron chi connectivity index (χ4n) is 4.99. The third-order valence-electron chi connectivity index (χ3n) is 5.52. The van der Waals surface area contributed by atoms with Crippen molar-refractivity contribution in [2.24, 2.45) is 34.8 Å². The van der Waals surface area contributed by atoms with E-state index in [1.807, 2.05) is 0 Å². The van der Waals surface area contributed by atoms with Gasteiger partial charge in [0.05, 0.1) is 6.42 Å². The number of aliphatic carboxylic acids is 1. The zero-order valence-corrected chi connectivity index (χ0v) is 9.23. The molecule has 0 spiro atoms. The molecule has 3 fully saturated rings. The van der Waals surface area contributed by atoms with Crippen LogP contribution in [0.15, 0.2) is 0 Å². The molecule has 3 aliphatic carbocycles. The van der Waals surface area contributed by atoms with Crippen LogP contribution in [0, 0.1) is 29.1 Å². The van der Waals surface area contributed by atoms with Crippen LogP contribution in [-0.2, 0) is 4.79 Å². The largest absolute Gasteiger partial charge is 0.481 e. The Kier molecular flexibility index (Phi) is 2.09. The van der Waals surface area contributed by atoms with E-state index in [-0.39, 0.29) is 23.7 Å². The minimum Gasteiger partial charge on any atom is -0.481 e. The zero-order chi connectivity index (χ0) is 11.5. The predicted molar refractivity (Wildman–Crippen MR) is 56.4 cm³/mol. The number of carboxylic acid groups (broad SMARTS) is 1. The van der Waals surface area contributed by atoms with Crippen molar-refractivity contribution in [1.29, 1.82) is 0 Å². The molecule has 0 saturated heterocycles. The van der Waals surface area contributed by atoms with Crippen molar-refractivity contribution < 1.29 is 14.3 Å². The van der Waals surface area contributed by atoms with E-state index in [9.17, 15) is 9.18 Å². The van der Waals surface area contributed by atoms with Crippen LogP contribution < -0.4 is 5.73 Å². The average molecular weight is 227 g/mol. The van der Waals surface area contributed by atoms with Gasteiger partial charge in [0, 0.05) is 0 Å². The summed E-state index contributed by atoms with van der Waals surface area (Å²) in [6.45, 7) is 0.407. The molecule has 0 aliphatic heterocycles. The number of nitrogens with two attached hydrogens (primary N) is 1. The normalized spacial score (nSPS) is 53.5. The van der Waals surface area contributed by atoms with Crippen molar-refractivity contribution >= 4 is 5.97 Å². The fourth-order valence-corrected chi connectivity index (χ4v) is 4.99. The van der Waals surface area contributed by atoms with Gasteiger partial charge >= 0.3 is 5.97 Å². The lowest BCUT2D eigenvalue weighted by atomic mass is 9.47. The van der Waals surface area contributed by atoms with Crippen molar-refractivity contribution in [2.75, 3.05) is 6.54 Å². The van der Waals surface area contributed by atoms with Crippen LogP contribution in [0.2, 0.25) is 0 Å². The molecule has 0 aromatic heterocycles. The number of halogens is 1. The highest BCUT2D eigenvalue weighted by atomic mass is 19.1. The molecule has 90 valence electrons. The molecule has 3 aliphatic rings. The molecule has 3 rings (SSSR count). The van der Waals surface area contributed by atoms with Gasteiger partial charge in [-0.05, 0) is 54.9 Å². The Morgan fingerprint density at radius 3 is 2.81 bits per heavy atom. The standard InChI is InChI=1S/C12H18FNO2/c13-9-3-8-11-6(9)1-2-7(11)12(8,5-14)4-10(15)16/h6-9,11H,1-5,14H2,(H,15,16)/t6?,7-,8+,9-,11+,12+/m0/s1. The highest BCUT2D eigenvalue weighted by Crippen LogP contribution is 2.72. The van der Waals surface area contributed by atoms with E-state index in [2.05, 4.69) is 0 Å². The Hall–Kier alpha value is -0.640. The van der Waals surface area contributed by atoms with Gasteiger partial charge in [0.25, 0.3) is 0 Å². The molecular weight excluding hydrogens is 209 g/mol. The maximum atomic E-state index is 13.8. The number of hydrogen-bond donors (Lipinski definition) is 2. The van der Waals surface area contributed by atoms with Crippen LogP contribution in [0.25, 0.3) is 0 Å². The Balaban J connectivity index is 1.89. The summed E-state index contributed by atoms with van der Waals surface area (Å²) >= 11 is 0. The van der Waals surface area contributed by atoms with Gasteiger partial charge in [-0.2, -0.15) is 0 Å². The van der Waals surface area contributed by atoms with Crippen molar-refractivity contribution in [3.63, 3.8) is 0 Å². The maximum absolute atomic E-state index is 13.8. The molecule has 0 bridgehead atoms. The van der Waals surface area contributed by atoms with Crippen LogP contribution >= 0.6 is 0 Å². The Morgan fingerprint density at radius 1 is 1.44 bits per heavy atom. The quantitative estimate of drug-likeness (QED) is 0.766. The highest BCUT2D eigenvalue weighted by molar-refractivity contribution is 5.68. The molecule has 0 aromatic rings. The molecule has 1 unspecified atom stereocenters. The first-order valence-electron chi connectivity index (χ1n) is 6.16. The monoisotopic (exact) mass is 227 g/mol. The Bertz CT molecular complexity index is 335. The van der Waals surface area contributed by atoms with E-state index >= 15 is 0 Å². The summed E-state index contributed by atoms with van der Waals surface area (Å²) < 4.78 is 13.8. The molecule has 0 amide bonds. The summed E-state index contributed by atoms with van der Waals surface area (Å²) in [5, 5.41) is 9.01. The Labute approximate surface area is 94.2 Å². The van der Waals surface area contributed by atoms with Crippen LogP contribution in [0.1, 0.15) is 25.7 Å². The fraction of sp³-hybridized carbons (Fsp3) is 0.917. The number of carbonyl (C=O) groups is 1. The van der Waals surface area contributed by atoms with Crippen LogP contribution in [-0.4, -0.2) is 23.8 Å². The van der Waals surface area contributed by atoms with E-state index in [0.29, 0.717) is 24.8 Å². The molecule has 6 atom stereocenters. The van der Waals surface area contributed by atoms with Crippen LogP contribution in [0.5, 0.6) is 0 Å². The third-order valence-corrected chi connectivity index (χ3v) is 5.52. The summed E-state index contributed by atoms with van der Waals surface area (Å²) in [5.41, 5.74) is 5.53. The summed E-state index contributed by atoms with van der Waals surface area (Å²) in [5.74, 6) is 0.487. The van der Waals surface area contributed by atoms with Gasteiger partial charge in [0.1, 0.15) is 6.17 Å². The zero-order valence-electron chi connectivity index (χ0n) is 9.23. The summed E-state index contributed by atoms with van der Waals surface area (Å²) in [6, 6.07) is 0. The molecule has 0 aromatic carbocycles. The van der Waals surface area contributed by atoms with E-state index in [4.69, 9.17) is 10.8 Å². The number of rotatable bonds is 3. The SMILES string of the molecule is NC[C@@]1(CC(=O)O)[C@@H]2C[C@H](F)C3CC[C@H]1[C@@H]32.